The molecule has 0 atom stereocenters. The van der Waals surface area contributed by atoms with Gasteiger partial charge in [0.2, 0.25) is 0 Å². The Bertz CT molecular complexity index is 239. The molecule has 0 fully saturated rings. The third-order valence-corrected chi connectivity index (χ3v) is 1.89. The molecular weight excluding hydrogens is 235 g/mol. The number of hydrogen-bond acceptors (Lipinski definition) is 3. The van der Waals surface area contributed by atoms with Crippen molar-refractivity contribution in [1.82, 2.24) is 0 Å². The second-order valence-corrected chi connectivity index (χ2v) is 2.92. The van der Waals surface area contributed by atoms with Gasteiger partial charge in [-0.3, -0.25) is 14.4 Å². The molecule has 0 aromatic carbocycles. The Morgan fingerprint density at radius 3 is 1.80 bits per heavy atom. The SMILES string of the molecule is C=C(C)C1=[C]([Mn])CC=C1.[C]=O.[C]=O.[C]=O. The van der Waals surface area contributed by atoms with E-state index < -0.39 is 0 Å². The van der Waals surface area contributed by atoms with Crippen molar-refractivity contribution in [3.63, 3.8) is 0 Å². The molecule has 1 aliphatic rings. The third-order valence-electron chi connectivity index (χ3n) is 1.33. The smallest absolute Gasteiger partial charge is 0.281 e. The van der Waals surface area contributed by atoms with Gasteiger partial charge in [0.25, 0.3) is 20.4 Å². The minimum atomic E-state index is 1.03. The Kier molecular flexibility index (Phi) is 19.6. The Morgan fingerprint density at radius 2 is 1.67 bits per heavy atom. The van der Waals surface area contributed by atoms with Crippen molar-refractivity contribution >= 4 is 20.4 Å². The quantitative estimate of drug-likeness (QED) is 0.650. The monoisotopic (exact) mass is 244 g/mol. The summed E-state index contributed by atoms with van der Waals surface area (Å²) in [7, 11) is 0. The molecule has 0 amide bonds. The van der Waals surface area contributed by atoms with Gasteiger partial charge in [0.05, 0.1) is 0 Å². The molecular formula is C11H9MnO3. The summed E-state index contributed by atoms with van der Waals surface area (Å²) in [5.41, 5.74) is 2.39. The minimum Gasteiger partial charge on any atom is -0.281 e. The summed E-state index contributed by atoms with van der Waals surface area (Å²) in [5.74, 6) is 0. The molecule has 0 saturated carbocycles. The Balaban J connectivity index is -0.000000208. The first-order valence-corrected chi connectivity index (χ1v) is 4.13. The zero-order chi connectivity index (χ0) is 12.9. The van der Waals surface area contributed by atoms with E-state index in [1.807, 2.05) is 6.92 Å². The Hall–Kier alpha value is -1.25. The molecule has 0 aromatic heterocycles. The van der Waals surface area contributed by atoms with E-state index in [1.54, 1.807) is 0 Å². The molecule has 0 heterocycles. The first-order valence-electron chi connectivity index (χ1n) is 3.54. The largest absolute Gasteiger partial charge is 0.281 e. The third kappa shape index (κ3) is 9.06. The molecule has 15 heavy (non-hydrogen) atoms. The molecule has 0 bridgehead atoms. The van der Waals surface area contributed by atoms with Crippen LogP contribution in [-0.2, 0) is 30.4 Å². The molecule has 0 N–H and O–H groups in total. The van der Waals surface area contributed by atoms with E-state index >= 15 is 0 Å². The van der Waals surface area contributed by atoms with E-state index in [4.69, 9.17) is 14.4 Å². The van der Waals surface area contributed by atoms with Crippen molar-refractivity contribution in [3.05, 3.63) is 34.3 Å². The maximum Gasteiger partial charge on any atom is 0.281 e. The summed E-state index contributed by atoms with van der Waals surface area (Å²) in [6, 6.07) is 0. The molecule has 0 unspecified atom stereocenters. The molecule has 0 spiro atoms. The first kappa shape index (κ1) is 19.3. The molecule has 0 aromatic rings. The van der Waals surface area contributed by atoms with Crippen LogP contribution in [0.25, 0.3) is 0 Å². The summed E-state index contributed by atoms with van der Waals surface area (Å²) in [6.45, 7) is 19.4. The van der Waals surface area contributed by atoms with Crippen molar-refractivity contribution < 1.29 is 30.4 Å². The maximum absolute atomic E-state index is 7.50. The average Bonchev–Trinajstić information content (AvgIpc) is 2.73. The summed E-state index contributed by atoms with van der Waals surface area (Å²) in [5, 5.41) is 0. The van der Waals surface area contributed by atoms with Gasteiger partial charge < -0.3 is 0 Å². The van der Waals surface area contributed by atoms with Crippen LogP contribution in [0, 0.1) is 0 Å². The van der Waals surface area contributed by atoms with Gasteiger partial charge in [-0.1, -0.05) is 0 Å². The Labute approximate surface area is 98.8 Å². The zero-order valence-corrected chi connectivity index (χ0v) is 9.35. The molecule has 4 heteroatoms. The first-order chi connectivity index (χ1) is 7.22. The number of carbonyl (C=O) groups excluding carboxylic acids is 3. The van der Waals surface area contributed by atoms with Crippen LogP contribution in [0.2, 0.25) is 0 Å². The molecule has 1 aliphatic carbocycles. The molecule has 6 radical (unpaired) electrons. The summed E-state index contributed by atoms with van der Waals surface area (Å²) >= 11 is 3.46. The maximum atomic E-state index is 7.50. The van der Waals surface area contributed by atoms with E-state index in [0.717, 1.165) is 12.0 Å². The summed E-state index contributed by atoms with van der Waals surface area (Å²) in [4.78, 5) is 22.5. The van der Waals surface area contributed by atoms with Gasteiger partial charge in [-0.15, -0.1) is 0 Å². The van der Waals surface area contributed by atoms with E-state index in [0.29, 0.717) is 0 Å². The second kappa shape index (κ2) is 15.2. The van der Waals surface area contributed by atoms with Crippen molar-refractivity contribution in [2.24, 2.45) is 0 Å². The van der Waals surface area contributed by atoms with Crippen LogP contribution in [0.4, 0.5) is 0 Å². The topological polar surface area (TPSA) is 51.2 Å². The summed E-state index contributed by atoms with van der Waals surface area (Å²) < 4.78 is 1.26. The molecule has 0 aliphatic heterocycles. The standard InChI is InChI=1S/C8H9.3CO.Mn/c1-7(2)8-5-3-4-6-8;3*1-2;/h3,5H,1,4H2,2H3;;;;. The Morgan fingerprint density at radius 1 is 1.27 bits per heavy atom. The summed E-state index contributed by atoms with van der Waals surface area (Å²) in [6.07, 6.45) is 5.27. The molecule has 78 valence electrons. The van der Waals surface area contributed by atoms with E-state index in [1.165, 1.54) is 10.0 Å². The molecule has 3 nitrogen and oxygen atoms in total. The van der Waals surface area contributed by atoms with Crippen LogP contribution >= 0.6 is 0 Å². The average molecular weight is 244 g/mol. The van der Waals surface area contributed by atoms with Crippen molar-refractivity contribution in [2.75, 3.05) is 0 Å². The van der Waals surface area contributed by atoms with Gasteiger partial charge in [0.1, 0.15) is 0 Å². The van der Waals surface area contributed by atoms with Gasteiger partial charge in [0, 0.05) is 0 Å². The van der Waals surface area contributed by atoms with E-state index in [9.17, 15) is 0 Å². The number of hydrogen-bond donors (Lipinski definition) is 0. The van der Waals surface area contributed by atoms with Gasteiger partial charge in [-0.05, 0) is 0 Å². The van der Waals surface area contributed by atoms with Crippen LogP contribution in [-0.4, -0.2) is 20.4 Å². The van der Waals surface area contributed by atoms with Crippen LogP contribution in [0.1, 0.15) is 13.3 Å². The predicted octanol–water partition coefficient (Wildman–Crippen LogP) is 1.13. The van der Waals surface area contributed by atoms with Gasteiger partial charge >= 0.3 is 63.7 Å². The van der Waals surface area contributed by atoms with Gasteiger partial charge in [-0.25, -0.2) is 0 Å². The van der Waals surface area contributed by atoms with Crippen LogP contribution < -0.4 is 0 Å². The zero-order valence-electron chi connectivity index (χ0n) is 8.17. The van der Waals surface area contributed by atoms with Crippen molar-refractivity contribution in [1.29, 1.82) is 0 Å². The second-order valence-electron chi connectivity index (χ2n) is 2.21. The minimum absolute atomic E-state index is 1.03. The number of rotatable bonds is 1. The normalized spacial score (nSPS) is 11.1. The molecule has 1 rings (SSSR count). The van der Waals surface area contributed by atoms with Crippen molar-refractivity contribution in [3.8, 4) is 0 Å². The fourth-order valence-electron chi connectivity index (χ4n) is 0.854. The van der Waals surface area contributed by atoms with E-state index in [2.05, 4.69) is 55.1 Å². The number of allylic oxidation sites excluding steroid dienone is 5. The van der Waals surface area contributed by atoms with Crippen LogP contribution in [0.3, 0.4) is 0 Å². The van der Waals surface area contributed by atoms with Crippen LogP contribution in [0.5, 0.6) is 0 Å². The van der Waals surface area contributed by atoms with E-state index in [-0.39, 0.29) is 0 Å². The fraction of sp³-hybridized carbons (Fsp3) is 0.182. The van der Waals surface area contributed by atoms with Gasteiger partial charge in [0.15, 0.2) is 0 Å². The molecule has 0 saturated heterocycles. The van der Waals surface area contributed by atoms with Crippen LogP contribution in [0.15, 0.2) is 34.3 Å². The predicted molar refractivity (Wildman–Crippen MR) is 52.7 cm³/mol. The van der Waals surface area contributed by atoms with Gasteiger partial charge in [-0.2, -0.15) is 0 Å². The van der Waals surface area contributed by atoms with Crippen molar-refractivity contribution in [2.45, 2.75) is 13.3 Å². The fourth-order valence-corrected chi connectivity index (χ4v) is 1.34.